The van der Waals surface area contributed by atoms with Gasteiger partial charge in [-0.3, -0.25) is 0 Å². The first-order chi connectivity index (χ1) is 7.49. The molecule has 0 nitrogen and oxygen atoms in total. The summed E-state index contributed by atoms with van der Waals surface area (Å²) in [6.07, 6.45) is 0. The van der Waals surface area contributed by atoms with Crippen molar-refractivity contribution in [2.24, 2.45) is 0 Å². The van der Waals surface area contributed by atoms with Crippen molar-refractivity contribution >= 4 is 10.8 Å². The Bertz CT molecular complexity index is 504. The van der Waals surface area contributed by atoms with E-state index in [1.165, 1.54) is 27.5 Å². The average Bonchev–Trinajstić information content (AvgIpc) is 2.55. The van der Waals surface area contributed by atoms with Crippen molar-refractivity contribution in [3.63, 3.8) is 0 Å². The fourth-order valence-corrected chi connectivity index (χ4v) is 2.33. The summed E-state index contributed by atoms with van der Waals surface area (Å²) in [6.45, 7) is 11.3. The second-order valence-corrected chi connectivity index (χ2v) is 5.46. The van der Waals surface area contributed by atoms with Gasteiger partial charge in [-0.1, -0.05) is 51.8 Å². The Balaban J connectivity index is 0. The van der Waals surface area contributed by atoms with E-state index in [1.54, 1.807) is 0 Å². The Labute approximate surface area is 138 Å². The van der Waals surface area contributed by atoms with E-state index in [1.807, 2.05) is 0 Å². The molecule has 0 saturated carbocycles. The first-order valence-electron chi connectivity index (χ1n) is 6.20. The third kappa shape index (κ3) is 4.34. The van der Waals surface area contributed by atoms with Crippen LogP contribution in [0.3, 0.4) is 0 Å². The van der Waals surface area contributed by atoms with E-state index in [-0.39, 0.29) is 40.7 Å². The van der Waals surface area contributed by atoms with Crippen LogP contribution in [-0.2, 0) is 25.8 Å². The quantitative estimate of drug-likeness (QED) is 0.411. The number of fused-ring (bicyclic) bond motifs is 1. The van der Waals surface area contributed by atoms with E-state index >= 15 is 0 Å². The van der Waals surface area contributed by atoms with Crippen LogP contribution in [0.2, 0.25) is 0 Å². The zero-order chi connectivity index (χ0) is 11.9. The molecule has 0 heterocycles. The van der Waals surface area contributed by atoms with Crippen LogP contribution in [-0.4, -0.2) is 0 Å². The van der Waals surface area contributed by atoms with Crippen LogP contribution in [0.4, 0.5) is 0 Å². The van der Waals surface area contributed by atoms with Gasteiger partial charge in [-0.25, -0.2) is 0 Å². The van der Waals surface area contributed by atoms with E-state index in [0.29, 0.717) is 11.8 Å². The summed E-state index contributed by atoms with van der Waals surface area (Å²) in [6, 6.07) is 9.35. The SMILES string of the molecule is Cc1cc2c(C(C)C)cc(C(C)C)cc2[cH-]1.[CH3-].[CH3-].[Hf]. The standard InChI is InChI=1S/C16H21.2CH3.Hf/c1-10(2)13-8-14-6-12(5)7-16(14)15(9-13)11(3)4;;;/h6-11H,1-5H3;2*1H3;/q3*-1;. The Hall–Kier alpha value is -0.300. The van der Waals surface area contributed by atoms with Gasteiger partial charge in [0, 0.05) is 25.8 Å². The predicted octanol–water partition coefficient (Wildman–Crippen LogP) is 6.01. The fourth-order valence-electron chi connectivity index (χ4n) is 2.33. The first-order valence-corrected chi connectivity index (χ1v) is 6.20. The van der Waals surface area contributed by atoms with Crippen molar-refractivity contribution < 1.29 is 25.8 Å². The Morgan fingerprint density at radius 1 is 0.895 bits per heavy atom. The monoisotopic (exact) mass is 423 g/mol. The van der Waals surface area contributed by atoms with Gasteiger partial charge in [0.05, 0.1) is 0 Å². The Kier molecular flexibility index (Phi) is 8.95. The summed E-state index contributed by atoms with van der Waals surface area (Å²) in [7, 11) is 0. The summed E-state index contributed by atoms with van der Waals surface area (Å²) in [4.78, 5) is 0. The van der Waals surface area contributed by atoms with Crippen LogP contribution in [0, 0.1) is 21.8 Å². The average molecular weight is 422 g/mol. The Morgan fingerprint density at radius 3 is 1.95 bits per heavy atom. The normalized spacial score (nSPS) is 10.1. The minimum atomic E-state index is 0. The molecule has 0 atom stereocenters. The van der Waals surface area contributed by atoms with Crippen LogP contribution in [0.15, 0.2) is 24.3 Å². The summed E-state index contributed by atoms with van der Waals surface area (Å²) >= 11 is 0. The summed E-state index contributed by atoms with van der Waals surface area (Å²) in [5.41, 5.74) is 4.33. The van der Waals surface area contributed by atoms with Crippen molar-refractivity contribution in [2.75, 3.05) is 0 Å². The zero-order valence-electron chi connectivity index (χ0n) is 13.5. The van der Waals surface area contributed by atoms with E-state index in [4.69, 9.17) is 0 Å². The maximum absolute atomic E-state index is 2.39. The number of hydrogen-bond donors (Lipinski definition) is 0. The molecular weight excluding hydrogens is 395 g/mol. The van der Waals surface area contributed by atoms with Crippen LogP contribution >= 0.6 is 0 Å². The molecule has 0 amide bonds. The van der Waals surface area contributed by atoms with E-state index in [2.05, 4.69) is 58.9 Å². The molecule has 0 N–H and O–H groups in total. The largest absolute Gasteiger partial charge is 0.358 e. The number of rotatable bonds is 2. The topological polar surface area (TPSA) is 0 Å². The molecule has 0 fully saturated rings. The molecule has 0 radical (unpaired) electrons. The molecule has 106 valence electrons. The first kappa shape index (κ1) is 21.0. The molecule has 1 heteroatoms. The van der Waals surface area contributed by atoms with Crippen LogP contribution in [0.25, 0.3) is 10.8 Å². The summed E-state index contributed by atoms with van der Waals surface area (Å²) < 4.78 is 0. The number of benzene rings is 1. The number of aryl methyl sites for hydroxylation is 1. The van der Waals surface area contributed by atoms with Crippen molar-refractivity contribution in [2.45, 2.75) is 46.5 Å². The van der Waals surface area contributed by atoms with E-state index in [0.717, 1.165) is 0 Å². The second-order valence-electron chi connectivity index (χ2n) is 5.46. The molecule has 0 aliphatic rings. The second kappa shape index (κ2) is 8.09. The van der Waals surface area contributed by atoms with Crippen LogP contribution in [0.1, 0.15) is 56.2 Å². The van der Waals surface area contributed by atoms with Gasteiger partial charge in [-0.15, -0.1) is 28.5 Å². The van der Waals surface area contributed by atoms with Crippen molar-refractivity contribution in [3.8, 4) is 0 Å². The van der Waals surface area contributed by atoms with Crippen molar-refractivity contribution in [1.82, 2.24) is 0 Å². The molecular formula is C18H27Hf-3. The van der Waals surface area contributed by atoms with Gasteiger partial charge in [0.2, 0.25) is 0 Å². The van der Waals surface area contributed by atoms with E-state index in [9.17, 15) is 0 Å². The molecule has 19 heavy (non-hydrogen) atoms. The van der Waals surface area contributed by atoms with Crippen LogP contribution in [0.5, 0.6) is 0 Å². The van der Waals surface area contributed by atoms with Gasteiger partial charge in [0.15, 0.2) is 0 Å². The smallest absolute Gasteiger partial charge is 0 e. The molecule has 2 aromatic rings. The molecule has 0 spiro atoms. The van der Waals surface area contributed by atoms with Crippen molar-refractivity contribution in [3.05, 3.63) is 55.8 Å². The van der Waals surface area contributed by atoms with E-state index < -0.39 is 0 Å². The Morgan fingerprint density at radius 2 is 1.47 bits per heavy atom. The molecule has 0 aliphatic carbocycles. The minimum absolute atomic E-state index is 0. The van der Waals surface area contributed by atoms with Crippen LogP contribution < -0.4 is 0 Å². The fraction of sp³-hybridized carbons (Fsp3) is 0.389. The third-order valence-electron chi connectivity index (χ3n) is 3.31. The maximum atomic E-state index is 2.39. The molecule has 2 rings (SSSR count). The van der Waals surface area contributed by atoms with Gasteiger partial charge < -0.3 is 14.9 Å². The van der Waals surface area contributed by atoms with Gasteiger partial charge in [-0.05, 0) is 11.8 Å². The zero-order valence-corrected chi connectivity index (χ0v) is 17.1. The van der Waals surface area contributed by atoms with Gasteiger partial charge >= 0.3 is 0 Å². The molecule has 0 aliphatic heterocycles. The maximum Gasteiger partial charge on any atom is 0 e. The third-order valence-corrected chi connectivity index (χ3v) is 3.31. The van der Waals surface area contributed by atoms with Gasteiger partial charge in [0.25, 0.3) is 0 Å². The van der Waals surface area contributed by atoms with Gasteiger partial charge in [-0.2, -0.15) is 6.07 Å². The van der Waals surface area contributed by atoms with Crippen molar-refractivity contribution in [1.29, 1.82) is 0 Å². The summed E-state index contributed by atoms with van der Waals surface area (Å²) in [5.74, 6) is 1.21. The number of hydrogen-bond acceptors (Lipinski definition) is 0. The molecule has 0 saturated heterocycles. The van der Waals surface area contributed by atoms with Gasteiger partial charge in [0.1, 0.15) is 0 Å². The molecule has 0 unspecified atom stereocenters. The minimum Gasteiger partial charge on any atom is -0.358 e. The summed E-state index contributed by atoms with van der Waals surface area (Å²) in [5, 5.41) is 2.85. The predicted molar refractivity (Wildman–Crippen MR) is 85.3 cm³/mol. The molecule has 0 bridgehead atoms. The molecule has 0 aromatic heterocycles. The molecule has 2 aromatic carbocycles.